The zero-order valence-electron chi connectivity index (χ0n) is 18.2. The summed E-state index contributed by atoms with van der Waals surface area (Å²) in [6.07, 6.45) is 3.02. The Morgan fingerprint density at radius 3 is 2.81 bits per heavy atom. The molecule has 0 saturated carbocycles. The van der Waals surface area contributed by atoms with E-state index in [2.05, 4.69) is 17.6 Å². The molecule has 0 aliphatic carbocycles. The molecule has 1 fully saturated rings. The van der Waals surface area contributed by atoms with Gasteiger partial charge in [-0.05, 0) is 57.4 Å². The van der Waals surface area contributed by atoms with Crippen LogP contribution in [0.1, 0.15) is 61.8 Å². The van der Waals surface area contributed by atoms with Gasteiger partial charge in [0.1, 0.15) is 11.6 Å². The van der Waals surface area contributed by atoms with Gasteiger partial charge in [-0.15, -0.1) is 0 Å². The minimum absolute atomic E-state index is 0.0128. The molecule has 1 unspecified atom stereocenters. The number of carbonyl (C=O) groups is 2. The second-order valence-corrected chi connectivity index (χ2v) is 7.98. The summed E-state index contributed by atoms with van der Waals surface area (Å²) in [6.45, 7) is 5.72. The lowest BCUT2D eigenvalue weighted by atomic mass is 10.1. The number of hydrogen-bond donors (Lipinski definition) is 0. The van der Waals surface area contributed by atoms with E-state index in [1.165, 1.54) is 6.92 Å². The third kappa shape index (κ3) is 4.48. The van der Waals surface area contributed by atoms with Crippen LogP contribution in [-0.2, 0) is 11.3 Å². The van der Waals surface area contributed by atoms with Gasteiger partial charge in [0.25, 0.3) is 0 Å². The van der Waals surface area contributed by atoms with E-state index in [1.807, 2.05) is 35.2 Å². The molecule has 1 aliphatic heterocycles. The van der Waals surface area contributed by atoms with Crippen molar-refractivity contribution in [2.75, 3.05) is 13.2 Å². The maximum Gasteiger partial charge on any atom is 0.223 e. The quantitative estimate of drug-likeness (QED) is 0.389. The van der Waals surface area contributed by atoms with Crippen molar-refractivity contribution < 1.29 is 14.3 Å². The van der Waals surface area contributed by atoms with Crippen molar-refractivity contribution in [3.63, 3.8) is 0 Å². The molecule has 1 aromatic heterocycles. The van der Waals surface area contributed by atoms with E-state index in [-0.39, 0.29) is 17.7 Å². The molecule has 4 rings (SSSR count). The fourth-order valence-corrected chi connectivity index (χ4v) is 4.38. The van der Waals surface area contributed by atoms with Gasteiger partial charge in [0.05, 0.1) is 23.7 Å². The van der Waals surface area contributed by atoms with E-state index in [0.717, 1.165) is 42.8 Å². The molecule has 2 heterocycles. The highest BCUT2D eigenvalue weighted by molar-refractivity contribution is 5.94. The van der Waals surface area contributed by atoms with Crippen molar-refractivity contribution in [3.05, 3.63) is 59.9 Å². The third-order valence-corrected chi connectivity index (χ3v) is 5.92. The average molecular weight is 420 g/mol. The fourth-order valence-electron chi connectivity index (χ4n) is 4.38. The second-order valence-electron chi connectivity index (χ2n) is 7.98. The van der Waals surface area contributed by atoms with Crippen LogP contribution < -0.4 is 4.74 Å². The molecule has 31 heavy (non-hydrogen) atoms. The molecule has 0 radical (unpaired) electrons. The molecule has 6 nitrogen and oxygen atoms in total. The first-order valence-electron chi connectivity index (χ1n) is 11.1. The van der Waals surface area contributed by atoms with E-state index >= 15 is 0 Å². The van der Waals surface area contributed by atoms with Crippen LogP contribution in [0, 0.1) is 0 Å². The predicted octanol–water partition coefficient (Wildman–Crippen LogP) is 4.78. The number of amides is 1. The SMILES string of the molecule is CCn1c(C2CCCN2C(=O)CCCOc2cccc(C(C)=O)c2)nc2ccccc21. The Hall–Kier alpha value is -3.15. The van der Waals surface area contributed by atoms with E-state index < -0.39 is 0 Å². The smallest absolute Gasteiger partial charge is 0.223 e. The zero-order chi connectivity index (χ0) is 21.8. The van der Waals surface area contributed by atoms with Gasteiger partial charge >= 0.3 is 0 Å². The van der Waals surface area contributed by atoms with Crippen molar-refractivity contribution in [2.24, 2.45) is 0 Å². The number of hydrogen-bond acceptors (Lipinski definition) is 4. The Bertz CT molecular complexity index is 1090. The number of carbonyl (C=O) groups excluding carboxylic acids is 2. The van der Waals surface area contributed by atoms with Crippen molar-refractivity contribution in [1.29, 1.82) is 0 Å². The number of nitrogens with zero attached hydrogens (tertiary/aromatic N) is 3. The van der Waals surface area contributed by atoms with Gasteiger partial charge in [-0.2, -0.15) is 0 Å². The van der Waals surface area contributed by atoms with Crippen LogP contribution in [0.2, 0.25) is 0 Å². The average Bonchev–Trinajstić information content (AvgIpc) is 3.41. The summed E-state index contributed by atoms with van der Waals surface area (Å²) < 4.78 is 7.99. The van der Waals surface area contributed by atoms with Crippen molar-refractivity contribution in [1.82, 2.24) is 14.5 Å². The van der Waals surface area contributed by atoms with Crippen LogP contribution >= 0.6 is 0 Å². The topological polar surface area (TPSA) is 64.4 Å². The highest BCUT2D eigenvalue weighted by Crippen LogP contribution is 2.34. The molecule has 0 spiro atoms. The largest absolute Gasteiger partial charge is 0.494 e. The molecular formula is C25H29N3O3. The number of rotatable bonds is 8. The van der Waals surface area contributed by atoms with Crippen molar-refractivity contribution in [2.45, 2.75) is 52.1 Å². The number of fused-ring (bicyclic) bond motifs is 1. The van der Waals surface area contributed by atoms with E-state index in [1.54, 1.807) is 12.1 Å². The first-order valence-corrected chi connectivity index (χ1v) is 11.1. The zero-order valence-corrected chi connectivity index (χ0v) is 18.2. The van der Waals surface area contributed by atoms with Crippen molar-refractivity contribution in [3.8, 4) is 5.75 Å². The number of benzene rings is 2. The van der Waals surface area contributed by atoms with Gasteiger partial charge in [0.2, 0.25) is 5.91 Å². The lowest BCUT2D eigenvalue weighted by Gasteiger charge is -2.25. The van der Waals surface area contributed by atoms with E-state index in [4.69, 9.17) is 9.72 Å². The summed E-state index contributed by atoms with van der Waals surface area (Å²) in [5.74, 6) is 1.82. The number of likely N-dealkylation sites (tertiary alicyclic amines) is 1. The molecule has 162 valence electrons. The number of aromatic nitrogens is 2. The number of aryl methyl sites for hydroxylation is 1. The van der Waals surface area contributed by atoms with Crippen molar-refractivity contribution >= 4 is 22.7 Å². The molecule has 2 aromatic carbocycles. The van der Waals surface area contributed by atoms with Gasteiger partial charge in [-0.1, -0.05) is 24.3 Å². The summed E-state index contributed by atoms with van der Waals surface area (Å²) >= 11 is 0. The van der Waals surface area contributed by atoms with E-state index in [0.29, 0.717) is 30.8 Å². The first-order chi connectivity index (χ1) is 15.1. The summed E-state index contributed by atoms with van der Waals surface area (Å²) in [4.78, 5) is 31.4. The summed E-state index contributed by atoms with van der Waals surface area (Å²) in [7, 11) is 0. The molecule has 1 aliphatic rings. The van der Waals surface area contributed by atoms with Gasteiger partial charge in [-0.3, -0.25) is 9.59 Å². The van der Waals surface area contributed by atoms with Crippen LogP contribution in [-0.4, -0.2) is 39.3 Å². The fraction of sp³-hybridized carbons (Fsp3) is 0.400. The van der Waals surface area contributed by atoms with Crippen LogP contribution in [0.25, 0.3) is 11.0 Å². The number of ether oxygens (including phenoxy) is 1. The highest BCUT2D eigenvalue weighted by Gasteiger charge is 2.33. The number of para-hydroxylation sites is 2. The lowest BCUT2D eigenvalue weighted by Crippen LogP contribution is -2.32. The number of ketones is 1. The maximum atomic E-state index is 13.0. The summed E-state index contributed by atoms with van der Waals surface area (Å²) in [5, 5.41) is 0. The molecular weight excluding hydrogens is 390 g/mol. The van der Waals surface area contributed by atoms with Gasteiger partial charge < -0.3 is 14.2 Å². The van der Waals surface area contributed by atoms with Gasteiger partial charge in [-0.25, -0.2) is 4.98 Å². The Balaban J connectivity index is 1.38. The molecule has 1 saturated heterocycles. The molecule has 1 atom stereocenters. The standard InChI is InChI=1S/C25H29N3O3/c1-3-27-22-12-5-4-11-21(22)26-25(27)23-13-7-15-28(23)24(30)14-8-16-31-20-10-6-9-19(17-20)18(2)29/h4-6,9-12,17,23H,3,7-8,13-16H2,1-2H3. The Kier molecular flexibility index (Phi) is 6.35. The van der Waals surface area contributed by atoms with Crippen LogP contribution in [0.3, 0.4) is 0 Å². The molecule has 6 heteroatoms. The van der Waals surface area contributed by atoms with Crippen LogP contribution in [0.5, 0.6) is 5.75 Å². The van der Waals surface area contributed by atoms with Crippen LogP contribution in [0.4, 0.5) is 0 Å². The normalized spacial score (nSPS) is 16.1. The second kappa shape index (κ2) is 9.33. The maximum absolute atomic E-state index is 13.0. The van der Waals surface area contributed by atoms with Gasteiger partial charge in [0.15, 0.2) is 5.78 Å². The van der Waals surface area contributed by atoms with Crippen LogP contribution in [0.15, 0.2) is 48.5 Å². The summed E-state index contributed by atoms with van der Waals surface area (Å²) in [5.41, 5.74) is 2.74. The Labute approximate surface area is 182 Å². The lowest BCUT2D eigenvalue weighted by molar-refractivity contribution is -0.132. The minimum Gasteiger partial charge on any atom is -0.494 e. The number of imidazole rings is 1. The van der Waals surface area contributed by atoms with E-state index in [9.17, 15) is 9.59 Å². The summed E-state index contributed by atoms with van der Waals surface area (Å²) in [6, 6.07) is 15.4. The monoisotopic (exact) mass is 419 g/mol. The molecule has 1 amide bonds. The highest BCUT2D eigenvalue weighted by atomic mass is 16.5. The first kappa shape index (κ1) is 21.1. The molecule has 0 N–H and O–H groups in total. The predicted molar refractivity (Wildman–Crippen MR) is 120 cm³/mol. The number of Topliss-reactive ketones (excluding diaryl/α,β-unsaturated/α-hetero) is 1. The van der Waals surface area contributed by atoms with Gasteiger partial charge in [0, 0.05) is 25.1 Å². The Morgan fingerprint density at radius 2 is 2.00 bits per heavy atom. The molecule has 3 aromatic rings. The Morgan fingerprint density at radius 1 is 1.16 bits per heavy atom. The third-order valence-electron chi connectivity index (χ3n) is 5.92. The molecule has 0 bridgehead atoms. The minimum atomic E-state index is 0.0128.